The molecule has 94 valence electrons. The van der Waals surface area contributed by atoms with Gasteiger partial charge in [0.15, 0.2) is 0 Å². The van der Waals surface area contributed by atoms with Crippen LogP contribution in [0.5, 0.6) is 0 Å². The van der Waals surface area contributed by atoms with E-state index >= 15 is 0 Å². The van der Waals surface area contributed by atoms with Crippen molar-refractivity contribution in [2.45, 2.75) is 38.5 Å². The van der Waals surface area contributed by atoms with Gasteiger partial charge >= 0.3 is 5.97 Å². The zero-order valence-corrected chi connectivity index (χ0v) is 10.7. The van der Waals surface area contributed by atoms with Crippen molar-refractivity contribution in [3.63, 3.8) is 0 Å². The molecule has 2 rings (SSSR count). The second kappa shape index (κ2) is 5.44. The predicted octanol–water partition coefficient (Wildman–Crippen LogP) is 2.33. The summed E-state index contributed by atoms with van der Waals surface area (Å²) < 4.78 is 4.29. The van der Waals surface area contributed by atoms with Gasteiger partial charge in [0.25, 0.3) is 0 Å². The van der Waals surface area contributed by atoms with Gasteiger partial charge in [0, 0.05) is 30.4 Å². The molecule has 6 heteroatoms. The van der Waals surface area contributed by atoms with Crippen LogP contribution in [0.15, 0.2) is 0 Å². The molecule has 0 aliphatic heterocycles. The van der Waals surface area contributed by atoms with Crippen molar-refractivity contribution >= 4 is 22.6 Å². The molecule has 1 atom stereocenters. The van der Waals surface area contributed by atoms with Crippen molar-refractivity contribution in [1.29, 1.82) is 0 Å². The van der Waals surface area contributed by atoms with Gasteiger partial charge in [0.05, 0.1) is 0 Å². The normalized spacial score (nSPS) is 16.8. The van der Waals surface area contributed by atoms with Gasteiger partial charge in [-0.25, -0.2) is 4.98 Å². The minimum atomic E-state index is -0.741. The molecule has 0 spiro atoms. The number of hydrogen-bond donors (Lipinski definition) is 2. The molecule has 2 N–H and O–H groups in total. The molecule has 1 fully saturated rings. The Morgan fingerprint density at radius 3 is 3.00 bits per heavy atom. The summed E-state index contributed by atoms with van der Waals surface area (Å²) in [6.07, 6.45) is 3.46. The van der Waals surface area contributed by atoms with Crippen LogP contribution in [0.3, 0.4) is 0 Å². The van der Waals surface area contributed by atoms with E-state index in [-0.39, 0.29) is 12.3 Å². The maximum atomic E-state index is 10.6. The number of hydrogen-bond acceptors (Lipinski definition) is 5. The van der Waals surface area contributed by atoms with Gasteiger partial charge in [-0.05, 0) is 18.8 Å². The van der Waals surface area contributed by atoms with Crippen LogP contribution in [0, 0.1) is 5.92 Å². The fourth-order valence-corrected chi connectivity index (χ4v) is 2.31. The third-order valence-electron chi connectivity index (χ3n) is 2.97. The van der Waals surface area contributed by atoms with Crippen LogP contribution in [0.25, 0.3) is 0 Å². The molecule has 1 aromatic heterocycles. The quantitative estimate of drug-likeness (QED) is 0.782. The van der Waals surface area contributed by atoms with Crippen LogP contribution < -0.4 is 5.32 Å². The molecule has 0 bridgehead atoms. The second-order valence-electron chi connectivity index (χ2n) is 4.49. The lowest BCUT2D eigenvalue weighted by molar-refractivity contribution is -0.138. The van der Waals surface area contributed by atoms with Crippen LogP contribution in [-0.4, -0.2) is 27.0 Å². The molecule has 0 radical (unpaired) electrons. The molecule has 1 aromatic rings. The Balaban J connectivity index is 1.80. The highest BCUT2D eigenvalue weighted by atomic mass is 32.1. The fraction of sp³-hybridized carbons (Fsp3) is 0.727. The Labute approximate surface area is 104 Å². The van der Waals surface area contributed by atoms with E-state index in [1.54, 1.807) is 0 Å². The molecule has 1 unspecified atom stereocenters. The summed E-state index contributed by atoms with van der Waals surface area (Å²) in [7, 11) is 0. The number of nitrogens with zero attached hydrogens (tertiary/aromatic N) is 2. The predicted molar refractivity (Wildman–Crippen MR) is 66.4 cm³/mol. The number of aliphatic carboxylic acids is 1. The number of carbonyl (C=O) groups is 1. The largest absolute Gasteiger partial charge is 0.481 e. The monoisotopic (exact) mass is 255 g/mol. The van der Waals surface area contributed by atoms with Gasteiger partial charge in [-0.3, -0.25) is 4.79 Å². The summed E-state index contributed by atoms with van der Waals surface area (Å²) in [5.74, 6) is 0.932. The topological polar surface area (TPSA) is 75.1 Å². The Hall–Kier alpha value is -1.17. The number of carboxylic acid groups (broad SMARTS) is 1. The summed E-state index contributed by atoms with van der Waals surface area (Å²) >= 11 is 1.37. The second-order valence-corrected chi connectivity index (χ2v) is 5.24. The highest BCUT2D eigenvalue weighted by molar-refractivity contribution is 7.09. The number of nitrogens with one attached hydrogen (secondary N) is 1. The van der Waals surface area contributed by atoms with E-state index in [0.29, 0.717) is 12.5 Å². The average molecular weight is 255 g/mol. The molecule has 0 saturated heterocycles. The number of anilines is 1. The zero-order valence-electron chi connectivity index (χ0n) is 9.85. The molecular formula is C11H17N3O2S. The van der Waals surface area contributed by atoms with Crippen LogP contribution in [0.1, 0.15) is 44.3 Å². The molecule has 1 aliphatic rings. The van der Waals surface area contributed by atoms with Crippen molar-refractivity contribution < 1.29 is 9.90 Å². The number of aromatic nitrogens is 2. The summed E-state index contributed by atoms with van der Waals surface area (Å²) in [4.78, 5) is 15.0. The summed E-state index contributed by atoms with van der Waals surface area (Å²) in [5.41, 5.74) is 0. The van der Waals surface area contributed by atoms with Crippen molar-refractivity contribution in [3.8, 4) is 0 Å². The summed E-state index contributed by atoms with van der Waals surface area (Å²) in [6, 6.07) is 0. The van der Waals surface area contributed by atoms with Crippen LogP contribution >= 0.6 is 11.5 Å². The Morgan fingerprint density at radius 1 is 1.65 bits per heavy atom. The van der Waals surface area contributed by atoms with E-state index in [4.69, 9.17) is 5.11 Å². The first-order valence-corrected chi connectivity index (χ1v) is 6.75. The molecule has 0 amide bonds. The van der Waals surface area contributed by atoms with E-state index in [2.05, 4.69) is 14.7 Å². The number of rotatable bonds is 7. The zero-order chi connectivity index (χ0) is 12.3. The van der Waals surface area contributed by atoms with Gasteiger partial charge in [0.1, 0.15) is 5.82 Å². The van der Waals surface area contributed by atoms with Gasteiger partial charge in [0.2, 0.25) is 5.13 Å². The Bertz CT molecular complexity index is 390. The first-order valence-electron chi connectivity index (χ1n) is 5.98. The highest BCUT2D eigenvalue weighted by Crippen LogP contribution is 2.39. The van der Waals surface area contributed by atoms with Crippen molar-refractivity contribution in [2.75, 3.05) is 11.9 Å². The average Bonchev–Trinajstić information content (AvgIpc) is 3.04. The minimum absolute atomic E-state index is 0.153. The van der Waals surface area contributed by atoms with Gasteiger partial charge in [-0.2, -0.15) is 4.37 Å². The van der Waals surface area contributed by atoms with E-state index in [0.717, 1.165) is 17.4 Å². The molecule has 1 heterocycles. The minimum Gasteiger partial charge on any atom is -0.481 e. The Kier molecular flexibility index (Phi) is 3.93. The van der Waals surface area contributed by atoms with Crippen LogP contribution in [-0.2, 0) is 4.79 Å². The first-order chi connectivity index (χ1) is 8.19. The van der Waals surface area contributed by atoms with Crippen LogP contribution in [0.2, 0.25) is 0 Å². The van der Waals surface area contributed by atoms with Crippen molar-refractivity contribution in [1.82, 2.24) is 9.36 Å². The van der Waals surface area contributed by atoms with Crippen LogP contribution in [0.4, 0.5) is 5.13 Å². The molecule has 5 nitrogen and oxygen atoms in total. The maximum Gasteiger partial charge on any atom is 0.303 e. The molecule has 1 aliphatic carbocycles. The fourth-order valence-electron chi connectivity index (χ4n) is 1.65. The maximum absolute atomic E-state index is 10.6. The standard InChI is InChI=1S/C11H17N3O2S/c1-2-7(5-9(15)16)6-12-11-13-10(14-17-11)8-3-4-8/h7-8H,2-6H2,1H3,(H,15,16)(H,12,13,14). The van der Waals surface area contributed by atoms with E-state index in [1.165, 1.54) is 24.4 Å². The van der Waals surface area contributed by atoms with Gasteiger partial charge in [-0.1, -0.05) is 13.3 Å². The van der Waals surface area contributed by atoms with E-state index < -0.39 is 5.97 Å². The smallest absolute Gasteiger partial charge is 0.303 e. The van der Waals surface area contributed by atoms with Gasteiger partial charge < -0.3 is 10.4 Å². The lowest BCUT2D eigenvalue weighted by atomic mass is 10.0. The lowest BCUT2D eigenvalue weighted by Crippen LogP contribution is -2.17. The van der Waals surface area contributed by atoms with Crippen molar-refractivity contribution in [3.05, 3.63) is 5.82 Å². The lowest BCUT2D eigenvalue weighted by Gasteiger charge is -2.11. The first kappa shape index (κ1) is 12.3. The SMILES string of the molecule is CCC(CNc1nc(C2CC2)ns1)CC(=O)O. The molecule has 1 saturated carbocycles. The van der Waals surface area contributed by atoms with E-state index in [1.807, 2.05) is 6.92 Å². The number of carboxylic acids is 1. The highest BCUT2D eigenvalue weighted by Gasteiger charge is 2.27. The molecule has 17 heavy (non-hydrogen) atoms. The molecular weight excluding hydrogens is 238 g/mol. The van der Waals surface area contributed by atoms with Crippen molar-refractivity contribution in [2.24, 2.45) is 5.92 Å². The Morgan fingerprint density at radius 2 is 2.41 bits per heavy atom. The van der Waals surface area contributed by atoms with Gasteiger partial charge in [-0.15, -0.1) is 0 Å². The molecule has 0 aromatic carbocycles. The summed E-state index contributed by atoms with van der Waals surface area (Å²) in [6.45, 7) is 2.66. The van der Waals surface area contributed by atoms with E-state index in [9.17, 15) is 4.79 Å². The third kappa shape index (κ3) is 3.66. The third-order valence-corrected chi connectivity index (χ3v) is 3.65. The summed E-state index contributed by atoms with van der Waals surface area (Å²) in [5, 5.41) is 12.7.